The first kappa shape index (κ1) is 20.7. The first-order chi connectivity index (χ1) is 14.8. The quantitative estimate of drug-likeness (QED) is 0.677. The molecule has 160 valence electrons. The van der Waals surface area contributed by atoms with Crippen LogP contribution in [0.3, 0.4) is 0 Å². The minimum Gasteiger partial charge on any atom is -0.444 e. The van der Waals surface area contributed by atoms with Gasteiger partial charge in [0.05, 0.1) is 12.2 Å². The molecule has 0 atom stereocenters. The molecule has 0 saturated heterocycles. The predicted molar refractivity (Wildman–Crippen MR) is 119 cm³/mol. The molecule has 7 nitrogen and oxygen atoms in total. The lowest BCUT2D eigenvalue weighted by Crippen LogP contribution is -2.42. The third kappa shape index (κ3) is 4.60. The zero-order chi connectivity index (χ0) is 22.0. The molecule has 0 spiro atoms. The van der Waals surface area contributed by atoms with E-state index in [0.717, 1.165) is 11.4 Å². The lowest BCUT2D eigenvalue weighted by atomic mass is 10.2. The molecule has 0 saturated carbocycles. The Labute approximate surface area is 181 Å². The maximum atomic E-state index is 13.1. The maximum absolute atomic E-state index is 13.1. The highest BCUT2D eigenvalue weighted by Gasteiger charge is 2.32. The first-order valence-corrected chi connectivity index (χ1v) is 10.3. The molecule has 0 bridgehead atoms. The van der Waals surface area contributed by atoms with Gasteiger partial charge in [0.15, 0.2) is 5.69 Å². The fourth-order valence-corrected chi connectivity index (χ4v) is 3.55. The molecular formula is C24H26N4O3. The molecule has 1 aliphatic heterocycles. The van der Waals surface area contributed by atoms with Crippen molar-refractivity contribution in [1.29, 1.82) is 0 Å². The summed E-state index contributed by atoms with van der Waals surface area (Å²) in [4.78, 5) is 32.1. The van der Waals surface area contributed by atoms with Crippen molar-refractivity contribution in [1.82, 2.24) is 14.5 Å². The van der Waals surface area contributed by atoms with Crippen molar-refractivity contribution in [2.75, 3.05) is 11.9 Å². The number of nitrogens with one attached hydrogen (secondary N) is 1. The van der Waals surface area contributed by atoms with Crippen LogP contribution in [0.15, 0.2) is 60.7 Å². The number of anilines is 1. The van der Waals surface area contributed by atoms with Gasteiger partial charge in [-0.3, -0.25) is 4.79 Å². The summed E-state index contributed by atoms with van der Waals surface area (Å²) in [5, 5.41) is 2.91. The Balaban J connectivity index is 1.69. The molecule has 1 aromatic heterocycles. The monoisotopic (exact) mass is 418 g/mol. The molecule has 31 heavy (non-hydrogen) atoms. The summed E-state index contributed by atoms with van der Waals surface area (Å²) in [6, 6.07) is 19.0. The number of aromatic nitrogens is 2. The number of ether oxygens (including phenoxy) is 1. The maximum Gasteiger partial charge on any atom is 0.410 e. The standard InChI is InChI=1S/C24H26N4O3/c1-24(2,3)31-23(30)27-14-15-28-19(16-27)20(22(29)25-18-12-8-5-9-13-18)26-21(28)17-10-6-4-7-11-17/h4-13H,14-16H2,1-3H3,(H,25,29). The number of amides is 2. The summed E-state index contributed by atoms with van der Waals surface area (Å²) in [5.74, 6) is 0.417. The predicted octanol–water partition coefficient (Wildman–Crippen LogP) is 4.55. The van der Waals surface area contributed by atoms with Crippen LogP contribution in [-0.2, 0) is 17.8 Å². The number of carbonyl (C=O) groups is 2. The van der Waals surface area contributed by atoms with E-state index < -0.39 is 11.7 Å². The highest BCUT2D eigenvalue weighted by atomic mass is 16.6. The first-order valence-electron chi connectivity index (χ1n) is 10.3. The van der Waals surface area contributed by atoms with Gasteiger partial charge in [0.1, 0.15) is 11.4 Å². The van der Waals surface area contributed by atoms with Gasteiger partial charge < -0.3 is 19.5 Å². The summed E-state index contributed by atoms with van der Waals surface area (Å²) in [7, 11) is 0. The molecule has 0 unspecified atom stereocenters. The van der Waals surface area contributed by atoms with Crippen LogP contribution in [-0.4, -0.2) is 38.6 Å². The van der Waals surface area contributed by atoms with E-state index in [1.54, 1.807) is 4.90 Å². The van der Waals surface area contributed by atoms with Crippen molar-refractivity contribution in [3.05, 3.63) is 72.1 Å². The van der Waals surface area contributed by atoms with E-state index in [2.05, 4.69) is 5.32 Å². The minimum absolute atomic E-state index is 0.256. The fraction of sp³-hybridized carbons (Fsp3) is 0.292. The highest BCUT2D eigenvalue weighted by Crippen LogP contribution is 2.28. The van der Waals surface area contributed by atoms with E-state index in [1.807, 2.05) is 86.0 Å². The zero-order valence-corrected chi connectivity index (χ0v) is 18.0. The molecule has 3 aromatic rings. The summed E-state index contributed by atoms with van der Waals surface area (Å²) in [6.45, 7) is 6.79. The van der Waals surface area contributed by atoms with E-state index in [0.29, 0.717) is 30.2 Å². The van der Waals surface area contributed by atoms with E-state index in [4.69, 9.17) is 9.72 Å². The Bertz CT molecular complexity index is 1090. The molecule has 0 aliphatic carbocycles. The van der Waals surface area contributed by atoms with Gasteiger partial charge in [-0.05, 0) is 32.9 Å². The number of fused-ring (bicyclic) bond motifs is 1. The molecule has 0 fully saturated rings. The largest absolute Gasteiger partial charge is 0.444 e. The van der Waals surface area contributed by atoms with Gasteiger partial charge in [-0.1, -0.05) is 48.5 Å². The summed E-state index contributed by atoms with van der Waals surface area (Å²) < 4.78 is 7.56. The third-order valence-corrected chi connectivity index (χ3v) is 4.94. The molecule has 1 aliphatic rings. The number of nitrogens with zero attached hydrogens (tertiary/aromatic N) is 3. The number of hydrogen-bond donors (Lipinski definition) is 1. The summed E-state index contributed by atoms with van der Waals surface area (Å²) >= 11 is 0. The van der Waals surface area contributed by atoms with E-state index in [1.165, 1.54) is 0 Å². The third-order valence-electron chi connectivity index (χ3n) is 4.94. The second-order valence-electron chi connectivity index (χ2n) is 8.47. The Morgan fingerprint density at radius 3 is 2.26 bits per heavy atom. The topological polar surface area (TPSA) is 76.5 Å². The van der Waals surface area contributed by atoms with Gasteiger partial charge in [-0.15, -0.1) is 0 Å². The molecular weight excluding hydrogens is 392 g/mol. The van der Waals surface area contributed by atoms with Crippen LogP contribution in [0.25, 0.3) is 11.4 Å². The molecule has 2 aromatic carbocycles. The van der Waals surface area contributed by atoms with Crippen LogP contribution in [0.4, 0.5) is 10.5 Å². The van der Waals surface area contributed by atoms with Crippen molar-refractivity contribution in [3.8, 4) is 11.4 Å². The van der Waals surface area contributed by atoms with E-state index in [-0.39, 0.29) is 12.5 Å². The van der Waals surface area contributed by atoms with Gasteiger partial charge in [0.25, 0.3) is 5.91 Å². The normalized spacial score (nSPS) is 13.5. The van der Waals surface area contributed by atoms with Gasteiger partial charge in [0.2, 0.25) is 0 Å². The summed E-state index contributed by atoms with van der Waals surface area (Å²) in [5.41, 5.74) is 2.04. The van der Waals surface area contributed by atoms with Crippen LogP contribution in [0.5, 0.6) is 0 Å². The molecule has 1 N–H and O–H groups in total. The number of benzene rings is 2. The lowest BCUT2D eigenvalue weighted by Gasteiger charge is -2.31. The lowest BCUT2D eigenvalue weighted by molar-refractivity contribution is 0.0198. The number of carbonyl (C=O) groups excluding carboxylic acids is 2. The minimum atomic E-state index is -0.586. The van der Waals surface area contributed by atoms with Gasteiger partial charge in [0, 0.05) is 24.3 Å². The Hall–Kier alpha value is -3.61. The Kier molecular flexibility index (Phi) is 5.50. The van der Waals surface area contributed by atoms with Crippen LogP contribution >= 0.6 is 0 Å². The average molecular weight is 418 g/mol. The van der Waals surface area contributed by atoms with Gasteiger partial charge >= 0.3 is 6.09 Å². The van der Waals surface area contributed by atoms with E-state index >= 15 is 0 Å². The SMILES string of the molecule is CC(C)(C)OC(=O)N1CCn2c(-c3ccccc3)nc(C(=O)Nc3ccccc3)c2C1. The van der Waals surface area contributed by atoms with Crippen molar-refractivity contribution in [2.45, 2.75) is 39.5 Å². The van der Waals surface area contributed by atoms with Gasteiger partial charge in [-0.25, -0.2) is 9.78 Å². The van der Waals surface area contributed by atoms with Crippen LogP contribution < -0.4 is 5.32 Å². The highest BCUT2D eigenvalue weighted by molar-refractivity contribution is 6.04. The van der Waals surface area contributed by atoms with E-state index in [9.17, 15) is 9.59 Å². The summed E-state index contributed by atoms with van der Waals surface area (Å²) in [6.07, 6.45) is -0.393. The fourth-order valence-electron chi connectivity index (χ4n) is 3.55. The van der Waals surface area contributed by atoms with Gasteiger partial charge in [-0.2, -0.15) is 0 Å². The Morgan fingerprint density at radius 1 is 0.968 bits per heavy atom. The van der Waals surface area contributed by atoms with Crippen molar-refractivity contribution >= 4 is 17.7 Å². The number of para-hydroxylation sites is 1. The molecule has 7 heteroatoms. The number of hydrogen-bond acceptors (Lipinski definition) is 4. The second kappa shape index (κ2) is 8.26. The van der Waals surface area contributed by atoms with Crippen molar-refractivity contribution in [2.24, 2.45) is 0 Å². The molecule has 4 rings (SSSR count). The smallest absolute Gasteiger partial charge is 0.410 e. The van der Waals surface area contributed by atoms with Crippen molar-refractivity contribution < 1.29 is 14.3 Å². The van der Waals surface area contributed by atoms with Crippen molar-refractivity contribution in [3.63, 3.8) is 0 Å². The van der Waals surface area contributed by atoms with Crippen LogP contribution in [0.2, 0.25) is 0 Å². The van der Waals surface area contributed by atoms with Crippen LogP contribution in [0, 0.1) is 0 Å². The Morgan fingerprint density at radius 2 is 1.61 bits per heavy atom. The number of imidazole rings is 1. The molecule has 0 radical (unpaired) electrons. The molecule has 2 amide bonds. The zero-order valence-electron chi connectivity index (χ0n) is 18.0. The number of rotatable bonds is 3. The molecule has 2 heterocycles. The average Bonchev–Trinajstić information content (AvgIpc) is 3.13. The van der Waals surface area contributed by atoms with Crippen LogP contribution in [0.1, 0.15) is 37.0 Å². The second-order valence-corrected chi connectivity index (χ2v) is 8.47.